The van der Waals surface area contributed by atoms with E-state index in [1.807, 2.05) is 0 Å². The molecule has 4 atom stereocenters. The van der Waals surface area contributed by atoms with Crippen molar-refractivity contribution in [1.29, 1.82) is 0 Å². The Labute approximate surface area is 89.0 Å². The molecule has 1 saturated heterocycles. The number of nitrogens with one attached hydrogen (secondary N) is 1. The van der Waals surface area contributed by atoms with Gasteiger partial charge in [-0.05, 0) is 43.4 Å². The second-order valence-corrected chi connectivity index (χ2v) is 5.27. The molecule has 15 heavy (non-hydrogen) atoms. The maximum Gasteiger partial charge on any atom is 0.407 e. The summed E-state index contributed by atoms with van der Waals surface area (Å²) in [6.45, 7) is 0.831. The molecule has 4 unspecified atom stereocenters. The van der Waals surface area contributed by atoms with Gasteiger partial charge in [-0.1, -0.05) is 0 Å². The first kappa shape index (κ1) is 9.46. The molecule has 1 heterocycles. The van der Waals surface area contributed by atoms with Crippen LogP contribution in [0.5, 0.6) is 0 Å². The summed E-state index contributed by atoms with van der Waals surface area (Å²) in [5, 5.41) is 12.3. The summed E-state index contributed by atoms with van der Waals surface area (Å²) in [7, 11) is 0. The normalized spacial score (nSPS) is 48.1. The Morgan fingerprint density at radius 2 is 2.40 bits per heavy atom. The molecular formula is C11H17NO3. The van der Waals surface area contributed by atoms with E-state index in [0.29, 0.717) is 31.0 Å². The van der Waals surface area contributed by atoms with Gasteiger partial charge in [0.1, 0.15) is 6.61 Å². The second kappa shape index (κ2) is 3.11. The lowest BCUT2D eigenvalue weighted by Gasteiger charge is -2.51. The first-order valence-electron chi connectivity index (χ1n) is 5.79. The van der Waals surface area contributed by atoms with Crippen LogP contribution in [-0.4, -0.2) is 30.0 Å². The molecule has 4 rings (SSSR count). The summed E-state index contributed by atoms with van der Waals surface area (Å²) in [6, 6.07) is 0. The van der Waals surface area contributed by atoms with Crippen molar-refractivity contribution < 1.29 is 14.6 Å². The van der Waals surface area contributed by atoms with Gasteiger partial charge in [-0.15, -0.1) is 0 Å². The molecule has 0 aromatic rings. The molecule has 3 saturated carbocycles. The number of carbonyl (C=O) groups is 1. The van der Waals surface area contributed by atoms with Crippen LogP contribution in [0.3, 0.4) is 0 Å². The van der Waals surface area contributed by atoms with Crippen molar-refractivity contribution in [3.05, 3.63) is 0 Å². The van der Waals surface area contributed by atoms with E-state index in [0.717, 1.165) is 12.8 Å². The van der Waals surface area contributed by atoms with E-state index in [1.165, 1.54) is 12.8 Å². The zero-order valence-electron chi connectivity index (χ0n) is 8.74. The number of aliphatic hydroxyl groups excluding tert-OH is 1. The van der Waals surface area contributed by atoms with E-state index >= 15 is 0 Å². The van der Waals surface area contributed by atoms with Crippen LogP contribution in [0.25, 0.3) is 0 Å². The number of alkyl carbamates (subject to hydrolysis) is 1. The number of ether oxygens (including phenoxy) is 1. The minimum Gasteiger partial charge on any atom is -0.447 e. The summed E-state index contributed by atoms with van der Waals surface area (Å²) >= 11 is 0. The number of hydrogen-bond acceptors (Lipinski definition) is 3. The van der Waals surface area contributed by atoms with Crippen molar-refractivity contribution in [2.75, 3.05) is 13.2 Å². The molecule has 0 radical (unpaired) electrons. The quantitative estimate of drug-likeness (QED) is 0.677. The molecule has 3 aliphatic carbocycles. The Balaban J connectivity index is 1.82. The predicted molar refractivity (Wildman–Crippen MR) is 53.2 cm³/mol. The number of amides is 1. The number of aliphatic hydroxyl groups is 1. The van der Waals surface area contributed by atoms with Crippen LogP contribution in [0.15, 0.2) is 0 Å². The van der Waals surface area contributed by atoms with Crippen LogP contribution in [0, 0.1) is 17.8 Å². The Kier molecular flexibility index (Phi) is 1.96. The number of rotatable bonds is 1. The lowest BCUT2D eigenvalue weighted by atomic mass is 9.57. The summed E-state index contributed by atoms with van der Waals surface area (Å²) in [4.78, 5) is 11.2. The maximum absolute atomic E-state index is 11.2. The highest BCUT2D eigenvalue weighted by molar-refractivity contribution is 5.71. The van der Waals surface area contributed by atoms with Crippen molar-refractivity contribution in [3.8, 4) is 0 Å². The third-order valence-corrected chi connectivity index (χ3v) is 4.59. The standard InChI is InChI=1S/C11H17NO3/c13-5-8-3-9-2-1-7(8)4-11(9)6-15-10(14)12-11/h7-9,13H,1-6H2,(H,12,14). The lowest BCUT2D eigenvalue weighted by Crippen LogP contribution is -2.58. The fraction of sp³-hybridized carbons (Fsp3) is 0.909. The van der Waals surface area contributed by atoms with Crippen molar-refractivity contribution >= 4 is 6.09 Å². The molecule has 84 valence electrons. The molecule has 4 fully saturated rings. The number of carbonyl (C=O) groups excluding carboxylic acids is 1. The molecular weight excluding hydrogens is 194 g/mol. The van der Waals surface area contributed by atoms with E-state index in [-0.39, 0.29) is 11.6 Å². The summed E-state index contributed by atoms with van der Waals surface area (Å²) in [6.07, 6.45) is 4.15. The highest BCUT2D eigenvalue weighted by atomic mass is 16.6. The molecule has 1 amide bonds. The van der Waals surface area contributed by atoms with Crippen LogP contribution >= 0.6 is 0 Å². The third kappa shape index (κ3) is 1.27. The number of hydrogen-bond donors (Lipinski definition) is 2. The largest absolute Gasteiger partial charge is 0.447 e. The molecule has 0 aromatic heterocycles. The molecule has 4 heteroatoms. The Morgan fingerprint density at radius 1 is 1.53 bits per heavy atom. The fourth-order valence-electron chi connectivity index (χ4n) is 3.76. The van der Waals surface area contributed by atoms with Gasteiger partial charge in [0.05, 0.1) is 5.54 Å². The van der Waals surface area contributed by atoms with Crippen LogP contribution in [-0.2, 0) is 4.74 Å². The van der Waals surface area contributed by atoms with E-state index in [9.17, 15) is 9.90 Å². The fourth-order valence-corrected chi connectivity index (χ4v) is 3.76. The molecule has 2 N–H and O–H groups in total. The van der Waals surface area contributed by atoms with Gasteiger partial charge in [0, 0.05) is 6.61 Å². The summed E-state index contributed by atoms with van der Waals surface area (Å²) in [5.74, 6) is 1.53. The average Bonchev–Trinajstić information content (AvgIpc) is 2.61. The SMILES string of the molecule is O=C1NC2(CO1)CC1CCC2CC1CO. The zero-order valence-corrected chi connectivity index (χ0v) is 8.74. The third-order valence-electron chi connectivity index (χ3n) is 4.59. The highest BCUT2D eigenvalue weighted by Crippen LogP contribution is 2.51. The van der Waals surface area contributed by atoms with Gasteiger partial charge in [-0.25, -0.2) is 4.79 Å². The number of fused-ring (bicyclic) bond motifs is 2. The molecule has 2 bridgehead atoms. The van der Waals surface area contributed by atoms with E-state index in [2.05, 4.69) is 5.32 Å². The van der Waals surface area contributed by atoms with Crippen LogP contribution in [0.4, 0.5) is 4.79 Å². The number of cyclic esters (lactones) is 1. The van der Waals surface area contributed by atoms with Crippen LogP contribution < -0.4 is 5.32 Å². The minimum absolute atomic E-state index is 0.0916. The van der Waals surface area contributed by atoms with E-state index in [4.69, 9.17) is 4.74 Å². The van der Waals surface area contributed by atoms with Crippen molar-refractivity contribution in [2.24, 2.45) is 17.8 Å². The van der Waals surface area contributed by atoms with Gasteiger partial charge in [0.25, 0.3) is 0 Å². The Morgan fingerprint density at radius 3 is 2.93 bits per heavy atom. The smallest absolute Gasteiger partial charge is 0.407 e. The molecule has 0 aromatic carbocycles. The van der Waals surface area contributed by atoms with Crippen LogP contribution in [0.2, 0.25) is 0 Å². The topological polar surface area (TPSA) is 58.6 Å². The van der Waals surface area contributed by atoms with Crippen molar-refractivity contribution in [1.82, 2.24) is 5.32 Å². The van der Waals surface area contributed by atoms with E-state index in [1.54, 1.807) is 0 Å². The molecule has 4 nitrogen and oxygen atoms in total. The summed E-state index contributed by atoms with van der Waals surface area (Å²) < 4.78 is 5.06. The van der Waals surface area contributed by atoms with Gasteiger partial charge in [0.2, 0.25) is 0 Å². The Bertz CT molecular complexity index is 294. The minimum atomic E-state index is -0.261. The monoisotopic (exact) mass is 211 g/mol. The second-order valence-electron chi connectivity index (χ2n) is 5.27. The Hall–Kier alpha value is -0.770. The van der Waals surface area contributed by atoms with Gasteiger partial charge in [-0.3, -0.25) is 0 Å². The van der Waals surface area contributed by atoms with Crippen LogP contribution in [0.1, 0.15) is 25.7 Å². The summed E-state index contributed by atoms with van der Waals surface area (Å²) in [5.41, 5.74) is -0.0916. The lowest BCUT2D eigenvalue weighted by molar-refractivity contribution is -0.0182. The van der Waals surface area contributed by atoms with Gasteiger partial charge in [0.15, 0.2) is 0 Å². The average molecular weight is 211 g/mol. The molecule has 1 aliphatic heterocycles. The maximum atomic E-state index is 11.2. The zero-order chi connectivity index (χ0) is 10.5. The van der Waals surface area contributed by atoms with Gasteiger partial charge < -0.3 is 15.2 Å². The first-order valence-corrected chi connectivity index (χ1v) is 5.79. The van der Waals surface area contributed by atoms with Crippen molar-refractivity contribution in [2.45, 2.75) is 31.2 Å². The predicted octanol–water partition coefficient (Wildman–Crippen LogP) is 0.893. The molecule has 4 aliphatic rings. The van der Waals surface area contributed by atoms with E-state index < -0.39 is 0 Å². The molecule has 1 spiro atoms. The van der Waals surface area contributed by atoms with Crippen molar-refractivity contribution in [3.63, 3.8) is 0 Å². The van der Waals surface area contributed by atoms with Gasteiger partial charge in [-0.2, -0.15) is 0 Å². The first-order chi connectivity index (χ1) is 7.23. The van der Waals surface area contributed by atoms with Gasteiger partial charge >= 0.3 is 6.09 Å². The highest BCUT2D eigenvalue weighted by Gasteiger charge is 2.54.